The quantitative estimate of drug-likeness (QED) is 0.659. The lowest BCUT2D eigenvalue weighted by Crippen LogP contribution is -2.05. The van der Waals surface area contributed by atoms with Gasteiger partial charge in [0.2, 0.25) is 0 Å². The maximum absolute atomic E-state index is 12.8. The Labute approximate surface area is 159 Å². The summed E-state index contributed by atoms with van der Waals surface area (Å²) in [6.07, 6.45) is -2.44. The van der Waals surface area contributed by atoms with Crippen LogP contribution in [0.15, 0.2) is 60.8 Å². The third-order valence-corrected chi connectivity index (χ3v) is 4.30. The van der Waals surface area contributed by atoms with Crippen LogP contribution >= 0.6 is 0 Å². The van der Waals surface area contributed by atoms with Crippen molar-refractivity contribution in [2.24, 2.45) is 0 Å². The molecule has 0 fully saturated rings. The zero-order chi connectivity index (χ0) is 20.3. The first kappa shape index (κ1) is 19.4. The minimum atomic E-state index is -4.37. The zero-order valence-corrected chi connectivity index (χ0v) is 15.0. The van der Waals surface area contributed by atoms with E-state index in [9.17, 15) is 18.0 Å². The Balaban J connectivity index is 2.01. The normalized spacial score (nSPS) is 11.3. The Morgan fingerprint density at radius 3 is 2.39 bits per heavy atom. The zero-order valence-electron chi connectivity index (χ0n) is 15.0. The summed E-state index contributed by atoms with van der Waals surface area (Å²) in [5.74, 6) is -0.161. The molecule has 1 heterocycles. The minimum absolute atomic E-state index is 0.321. The number of anilines is 1. The maximum Gasteiger partial charge on any atom is 0.416 e. The Morgan fingerprint density at radius 1 is 1.07 bits per heavy atom. The fraction of sp³-hybridized carbons (Fsp3) is 0.143. The number of methoxy groups -OCH3 is 1. The van der Waals surface area contributed by atoms with Gasteiger partial charge in [0.1, 0.15) is 5.82 Å². The van der Waals surface area contributed by atoms with E-state index in [1.54, 1.807) is 36.5 Å². The van der Waals surface area contributed by atoms with Crippen molar-refractivity contribution in [2.45, 2.75) is 12.6 Å². The highest BCUT2D eigenvalue weighted by molar-refractivity contribution is 5.91. The second kappa shape index (κ2) is 7.72. The van der Waals surface area contributed by atoms with E-state index in [0.29, 0.717) is 23.4 Å². The molecule has 0 unspecified atom stereocenters. The number of nitrogens with zero attached hydrogens (tertiary/aromatic N) is 1. The number of nitrogens with two attached hydrogens (primary N) is 1. The molecule has 0 aliphatic carbocycles. The van der Waals surface area contributed by atoms with Crippen LogP contribution in [0.5, 0.6) is 0 Å². The molecule has 28 heavy (non-hydrogen) atoms. The van der Waals surface area contributed by atoms with Gasteiger partial charge in [0, 0.05) is 6.20 Å². The molecule has 2 aromatic carbocycles. The summed E-state index contributed by atoms with van der Waals surface area (Å²) in [6.45, 7) is 0. The highest BCUT2D eigenvalue weighted by Crippen LogP contribution is 2.31. The molecule has 144 valence electrons. The van der Waals surface area contributed by atoms with Crippen LogP contribution in [0, 0.1) is 0 Å². The lowest BCUT2D eigenvalue weighted by molar-refractivity contribution is -0.137. The first-order valence-corrected chi connectivity index (χ1v) is 8.37. The summed E-state index contributed by atoms with van der Waals surface area (Å²) in [7, 11) is 1.29. The molecule has 3 rings (SSSR count). The second-order valence-corrected chi connectivity index (χ2v) is 6.20. The van der Waals surface area contributed by atoms with E-state index in [1.807, 2.05) is 0 Å². The number of pyridine rings is 1. The summed E-state index contributed by atoms with van der Waals surface area (Å²) in [5.41, 5.74) is 8.47. The number of alkyl halides is 3. The van der Waals surface area contributed by atoms with E-state index in [2.05, 4.69) is 4.98 Å². The van der Waals surface area contributed by atoms with Gasteiger partial charge in [-0.2, -0.15) is 13.2 Å². The van der Waals surface area contributed by atoms with E-state index in [1.165, 1.54) is 19.2 Å². The van der Waals surface area contributed by atoms with Crippen LogP contribution in [0.25, 0.3) is 11.1 Å². The van der Waals surface area contributed by atoms with Crippen LogP contribution < -0.4 is 5.73 Å². The summed E-state index contributed by atoms with van der Waals surface area (Å²) in [6, 6.07) is 13.5. The first-order chi connectivity index (χ1) is 13.3. The Bertz CT molecular complexity index is 999. The SMILES string of the molecule is COC(=O)c1ccc(Cc2ccc(C(F)(F)F)cc2)c(-c2ccnc(N)c2)c1. The lowest BCUT2D eigenvalue weighted by atomic mass is 9.93. The van der Waals surface area contributed by atoms with Crippen LogP contribution in [-0.2, 0) is 17.3 Å². The van der Waals surface area contributed by atoms with Gasteiger partial charge in [0.05, 0.1) is 18.2 Å². The van der Waals surface area contributed by atoms with E-state index < -0.39 is 17.7 Å². The first-order valence-electron chi connectivity index (χ1n) is 8.37. The van der Waals surface area contributed by atoms with Crippen molar-refractivity contribution in [3.63, 3.8) is 0 Å². The number of rotatable bonds is 4. The Kier molecular flexibility index (Phi) is 5.35. The van der Waals surface area contributed by atoms with E-state index >= 15 is 0 Å². The van der Waals surface area contributed by atoms with Crippen molar-refractivity contribution in [3.8, 4) is 11.1 Å². The number of halogens is 3. The highest BCUT2D eigenvalue weighted by Gasteiger charge is 2.29. The van der Waals surface area contributed by atoms with Crippen LogP contribution in [-0.4, -0.2) is 18.1 Å². The van der Waals surface area contributed by atoms with Gasteiger partial charge in [0.25, 0.3) is 0 Å². The number of ether oxygens (including phenoxy) is 1. The molecular formula is C21H17F3N2O2. The molecule has 1 aromatic heterocycles. The average Bonchev–Trinajstić information content (AvgIpc) is 2.67. The van der Waals surface area contributed by atoms with Gasteiger partial charge in [-0.05, 0) is 65.1 Å². The molecule has 0 spiro atoms. The van der Waals surface area contributed by atoms with Gasteiger partial charge >= 0.3 is 12.1 Å². The van der Waals surface area contributed by atoms with Gasteiger partial charge in [-0.1, -0.05) is 18.2 Å². The Hall–Kier alpha value is -3.35. The molecule has 2 N–H and O–H groups in total. The molecule has 0 aliphatic heterocycles. The van der Waals surface area contributed by atoms with Crippen molar-refractivity contribution in [2.75, 3.05) is 12.8 Å². The van der Waals surface area contributed by atoms with E-state index in [4.69, 9.17) is 10.5 Å². The van der Waals surface area contributed by atoms with Crippen molar-refractivity contribution < 1.29 is 22.7 Å². The van der Waals surface area contributed by atoms with E-state index in [0.717, 1.165) is 28.8 Å². The molecule has 0 aliphatic rings. The molecule has 3 aromatic rings. The molecule has 0 radical (unpaired) electrons. The molecule has 0 amide bonds. The molecule has 7 heteroatoms. The molecule has 0 saturated heterocycles. The van der Waals surface area contributed by atoms with Gasteiger partial charge in [-0.3, -0.25) is 0 Å². The topological polar surface area (TPSA) is 65.2 Å². The van der Waals surface area contributed by atoms with Crippen molar-refractivity contribution in [1.82, 2.24) is 4.98 Å². The van der Waals surface area contributed by atoms with Crippen LogP contribution in [0.1, 0.15) is 27.0 Å². The second-order valence-electron chi connectivity index (χ2n) is 6.20. The van der Waals surface area contributed by atoms with E-state index in [-0.39, 0.29) is 0 Å². The van der Waals surface area contributed by atoms with Gasteiger partial charge in [0.15, 0.2) is 0 Å². The number of carbonyl (C=O) groups is 1. The smallest absolute Gasteiger partial charge is 0.416 e. The number of hydrogen-bond acceptors (Lipinski definition) is 4. The number of hydrogen-bond donors (Lipinski definition) is 1. The van der Waals surface area contributed by atoms with Gasteiger partial charge in [-0.15, -0.1) is 0 Å². The molecule has 0 saturated carbocycles. The van der Waals surface area contributed by atoms with Crippen LogP contribution in [0.4, 0.5) is 19.0 Å². The lowest BCUT2D eigenvalue weighted by Gasteiger charge is -2.13. The van der Waals surface area contributed by atoms with Gasteiger partial charge in [-0.25, -0.2) is 9.78 Å². The number of carbonyl (C=O) groups excluding carboxylic acids is 1. The third kappa shape index (κ3) is 4.31. The van der Waals surface area contributed by atoms with Crippen molar-refractivity contribution in [3.05, 3.63) is 83.0 Å². The molecule has 4 nitrogen and oxygen atoms in total. The maximum atomic E-state index is 12.8. The number of benzene rings is 2. The summed E-state index contributed by atoms with van der Waals surface area (Å²) in [5, 5.41) is 0. The number of esters is 1. The highest BCUT2D eigenvalue weighted by atomic mass is 19.4. The van der Waals surface area contributed by atoms with Crippen molar-refractivity contribution >= 4 is 11.8 Å². The average molecular weight is 386 g/mol. The predicted octanol–water partition coefficient (Wildman–Crippen LogP) is 4.73. The van der Waals surface area contributed by atoms with Crippen molar-refractivity contribution in [1.29, 1.82) is 0 Å². The standard InChI is InChI=1S/C21H17F3N2O2/c1-28-20(27)16-5-4-14(18(11-16)15-8-9-26-19(25)12-15)10-13-2-6-17(7-3-13)21(22,23)24/h2-9,11-12H,10H2,1H3,(H2,25,26). The predicted molar refractivity (Wildman–Crippen MR) is 99.7 cm³/mol. The fourth-order valence-corrected chi connectivity index (χ4v) is 2.89. The summed E-state index contributed by atoms with van der Waals surface area (Å²) >= 11 is 0. The largest absolute Gasteiger partial charge is 0.465 e. The third-order valence-electron chi connectivity index (χ3n) is 4.30. The number of nitrogen functional groups attached to an aromatic ring is 1. The number of aromatic nitrogens is 1. The minimum Gasteiger partial charge on any atom is -0.465 e. The monoisotopic (exact) mass is 386 g/mol. The summed E-state index contributed by atoms with van der Waals surface area (Å²) in [4.78, 5) is 15.9. The molecule has 0 bridgehead atoms. The van der Waals surface area contributed by atoms with Crippen LogP contribution in [0.3, 0.4) is 0 Å². The molecule has 0 atom stereocenters. The van der Waals surface area contributed by atoms with Crippen LogP contribution in [0.2, 0.25) is 0 Å². The summed E-state index contributed by atoms with van der Waals surface area (Å²) < 4.78 is 43.1. The Morgan fingerprint density at radius 2 is 1.79 bits per heavy atom. The fourth-order valence-electron chi connectivity index (χ4n) is 2.89. The molecular weight excluding hydrogens is 369 g/mol. The van der Waals surface area contributed by atoms with Gasteiger partial charge < -0.3 is 10.5 Å².